The third kappa shape index (κ3) is 4.52. The van der Waals surface area contributed by atoms with Crippen LogP contribution in [-0.2, 0) is 14.3 Å². The molecule has 0 bridgehead atoms. The normalized spacial score (nSPS) is 19.7. The van der Waals surface area contributed by atoms with Gasteiger partial charge in [0.05, 0.1) is 0 Å². The number of ether oxygens (including phenoxy) is 2. The molecule has 2 aliphatic heterocycles. The minimum absolute atomic E-state index is 0.0188. The molecule has 3 heterocycles. The molecule has 0 spiro atoms. The van der Waals surface area contributed by atoms with Gasteiger partial charge in [-0.3, -0.25) is 9.59 Å². The van der Waals surface area contributed by atoms with Crippen molar-refractivity contribution in [3.05, 3.63) is 36.0 Å². The van der Waals surface area contributed by atoms with E-state index in [1.807, 2.05) is 35.4 Å². The lowest BCUT2D eigenvalue weighted by atomic mass is 9.83. The van der Waals surface area contributed by atoms with E-state index in [2.05, 4.69) is 10.3 Å². The molecule has 2 saturated heterocycles. The van der Waals surface area contributed by atoms with Gasteiger partial charge in [-0.25, -0.2) is 0 Å². The van der Waals surface area contributed by atoms with E-state index in [9.17, 15) is 9.59 Å². The number of nitrogens with zero attached hydrogens (tertiary/aromatic N) is 1. The first-order valence-electron chi connectivity index (χ1n) is 10.9. The Kier molecular flexibility index (Phi) is 6.39. The second kappa shape index (κ2) is 9.18. The molecule has 0 unspecified atom stereocenters. The van der Waals surface area contributed by atoms with Gasteiger partial charge in [-0.2, -0.15) is 0 Å². The Morgan fingerprint density at radius 3 is 2.73 bits per heavy atom. The van der Waals surface area contributed by atoms with E-state index < -0.39 is 0 Å². The van der Waals surface area contributed by atoms with Gasteiger partial charge in [0, 0.05) is 68.8 Å². The number of hydrogen-bond donors (Lipinski definition) is 2. The van der Waals surface area contributed by atoms with Crippen molar-refractivity contribution in [2.24, 2.45) is 5.92 Å². The van der Waals surface area contributed by atoms with Gasteiger partial charge in [-0.15, -0.1) is 0 Å². The Labute approximate surface area is 177 Å². The van der Waals surface area contributed by atoms with Crippen molar-refractivity contribution in [1.82, 2.24) is 15.2 Å². The highest BCUT2D eigenvalue weighted by molar-refractivity contribution is 5.98. The second-order valence-electron chi connectivity index (χ2n) is 8.47. The standard InChI is InChI=1S/C23H31N3O4/c1-29-15-9-23(25-21(27)18-5-13-30-14-6-18)7-11-26(12-8-23)22(28)19-3-2-17-4-10-24-20(17)16-19/h2-4,10,16,18,24H,5-9,11-15H2,1H3,(H,25,27). The minimum Gasteiger partial charge on any atom is -0.385 e. The van der Waals surface area contributed by atoms with Crippen molar-refractivity contribution < 1.29 is 19.1 Å². The van der Waals surface area contributed by atoms with Crippen LogP contribution in [0.2, 0.25) is 0 Å². The maximum Gasteiger partial charge on any atom is 0.253 e. The number of amides is 2. The molecule has 162 valence electrons. The van der Waals surface area contributed by atoms with E-state index in [1.54, 1.807) is 7.11 Å². The van der Waals surface area contributed by atoms with Crippen LogP contribution < -0.4 is 5.32 Å². The first-order valence-corrected chi connectivity index (χ1v) is 10.9. The number of aromatic nitrogens is 1. The van der Waals surface area contributed by atoms with E-state index in [4.69, 9.17) is 9.47 Å². The number of piperidine rings is 1. The Hall–Kier alpha value is -2.38. The van der Waals surface area contributed by atoms with Gasteiger partial charge in [0.2, 0.25) is 5.91 Å². The predicted octanol–water partition coefficient (Wildman–Crippen LogP) is 2.72. The number of aromatic amines is 1. The summed E-state index contributed by atoms with van der Waals surface area (Å²) in [5.74, 6) is 0.180. The van der Waals surface area contributed by atoms with Gasteiger partial charge in [-0.1, -0.05) is 6.07 Å². The fourth-order valence-corrected chi connectivity index (χ4v) is 4.56. The van der Waals surface area contributed by atoms with Crippen LogP contribution in [0.4, 0.5) is 0 Å². The summed E-state index contributed by atoms with van der Waals surface area (Å²) in [4.78, 5) is 31.0. The Balaban J connectivity index is 1.41. The van der Waals surface area contributed by atoms with Crippen LogP contribution >= 0.6 is 0 Å². The maximum absolute atomic E-state index is 13.0. The highest BCUT2D eigenvalue weighted by Crippen LogP contribution is 2.29. The molecule has 1 aromatic carbocycles. The van der Waals surface area contributed by atoms with Crippen LogP contribution in [0.3, 0.4) is 0 Å². The molecular formula is C23H31N3O4. The average Bonchev–Trinajstić information content (AvgIpc) is 3.26. The largest absolute Gasteiger partial charge is 0.385 e. The minimum atomic E-state index is -0.314. The zero-order valence-corrected chi connectivity index (χ0v) is 17.6. The van der Waals surface area contributed by atoms with E-state index in [-0.39, 0.29) is 23.3 Å². The first kappa shape index (κ1) is 20.9. The zero-order chi connectivity index (χ0) is 21.0. The molecule has 2 amide bonds. The molecule has 2 N–H and O–H groups in total. The molecule has 2 aliphatic rings. The summed E-state index contributed by atoms with van der Waals surface area (Å²) in [5, 5.41) is 4.44. The summed E-state index contributed by atoms with van der Waals surface area (Å²) < 4.78 is 10.7. The van der Waals surface area contributed by atoms with Crippen molar-refractivity contribution in [2.45, 2.75) is 37.6 Å². The summed E-state index contributed by atoms with van der Waals surface area (Å²) in [6.45, 7) is 3.14. The number of methoxy groups -OCH3 is 1. The van der Waals surface area contributed by atoms with Gasteiger partial charge >= 0.3 is 0 Å². The fourth-order valence-electron chi connectivity index (χ4n) is 4.56. The van der Waals surface area contributed by atoms with Crippen molar-refractivity contribution in [3.63, 3.8) is 0 Å². The van der Waals surface area contributed by atoms with Crippen molar-refractivity contribution in [2.75, 3.05) is 40.0 Å². The third-order valence-electron chi connectivity index (χ3n) is 6.57. The quantitative estimate of drug-likeness (QED) is 0.763. The van der Waals surface area contributed by atoms with Crippen LogP contribution in [0, 0.1) is 5.92 Å². The summed E-state index contributed by atoms with van der Waals surface area (Å²) in [6, 6.07) is 7.77. The van der Waals surface area contributed by atoms with Gasteiger partial charge in [-0.05, 0) is 55.7 Å². The van der Waals surface area contributed by atoms with Gasteiger partial charge < -0.3 is 24.7 Å². The highest BCUT2D eigenvalue weighted by Gasteiger charge is 2.38. The smallest absolute Gasteiger partial charge is 0.253 e. The Morgan fingerprint density at radius 1 is 1.23 bits per heavy atom. The number of nitrogens with one attached hydrogen (secondary N) is 2. The lowest BCUT2D eigenvalue weighted by molar-refractivity contribution is -0.130. The number of H-pyrrole nitrogens is 1. The number of benzene rings is 1. The van der Waals surface area contributed by atoms with Crippen LogP contribution in [0.25, 0.3) is 10.9 Å². The number of likely N-dealkylation sites (tertiary alicyclic amines) is 1. The monoisotopic (exact) mass is 413 g/mol. The second-order valence-corrected chi connectivity index (χ2v) is 8.47. The molecule has 0 saturated carbocycles. The molecule has 30 heavy (non-hydrogen) atoms. The topological polar surface area (TPSA) is 83.7 Å². The van der Waals surface area contributed by atoms with Crippen molar-refractivity contribution >= 4 is 22.7 Å². The van der Waals surface area contributed by atoms with Crippen molar-refractivity contribution in [1.29, 1.82) is 0 Å². The SMILES string of the molecule is COCCC1(NC(=O)C2CCOCC2)CCN(C(=O)c2ccc3cc[nH]c3c2)CC1. The predicted molar refractivity (Wildman–Crippen MR) is 114 cm³/mol. The Morgan fingerprint density at radius 2 is 2.00 bits per heavy atom. The molecule has 2 fully saturated rings. The zero-order valence-electron chi connectivity index (χ0n) is 17.6. The average molecular weight is 414 g/mol. The van der Waals surface area contributed by atoms with E-state index in [1.165, 1.54) is 0 Å². The fraction of sp³-hybridized carbons (Fsp3) is 0.565. The number of hydrogen-bond acceptors (Lipinski definition) is 4. The van der Waals surface area contributed by atoms with Crippen LogP contribution in [0.5, 0.6) is 0 Å². The lowest BCUT2D eigenvalue weighted by Gasteiger charge is -2.43. The molecule has 4 rings (SSSR count). The number of carbonyl (C=O) groups is 2. The highest BCUT2D eigenvalue weighted by atomic mass is 16.5. The van der Waals surface area contributed by atoms with E-state index in [0.717, 1.165) is 43.0 Å². The van der Waals surface area contributed by atoms with Crippen LogP contribution in [0.15, 0.2) is 30.5 Å². The molecule has 0 atom stereocenters. The van der Waals surface area contributed by atoms with Crippen LogP contribution in [-0.4, -0.2) is 67.3 Å². The molecule has 2 aromatic rings. The third-order valence-corrected chi connectivity index (χ3v) is 6.57. The first-order chi connectivity index (χ1) is 14.6. The molecule has 7 heteroatoms. The van der Waals surface area contributed by atoms with Gasteiger partial charge in [0.1, 0.15) is 0 Å². The van der Waals surface area contributed by atoms with Crippen LogP contribution in [0.1, 0.15) is 42.5 Å². The number of carbonyl (C=O) groups excluding carboxylic acids is 2. The molecule has 1 aromatic heterocycles. The maximum atomic E-state index is 13.0. The molecular weight excluding hydrogens is 382 g/mol. The van der Waals surface area contributed by atoms with Gasteiger partial charge in [0.25, 0.3) is 5.91 Å². The van der Waals surface area contributed by atoms with Crippen molar-refractivity contribution in [3.8, 4) is 0 Å². The summed E-state index contributed by atoms with van der Waals surface area (Å²) in [6.07, 6.45) is 5.67. The van der Waals surface area contributed by atoms with E-state index >= 15 is 0 Å². The number of fused-ring (bicyclic) bond motifs is 1. The Bertz CT molecular complexity index is 879. The summed E-state index contributed by atoms with van der Waals surface area (Å²) in [5.41, 5.74) is 1.35. The number of rotatable bonds is 6. The molecule has 0 aliphatic carbocycles. The molecule has 7 nitrogen and oxygen atoms in total. The van der Waals surface area contributed by atoms with E-state index in [0.29, 0.717) is 38.5 Å². The molecule has 0 radical (unpaired) electrons. The summed E-state index contributed by atoms with van der Waals surface area (Å²) >= 11 is 0. The lowest BCUT2D eigenvalue weighted by Crippen LogP contribution is -2.58. The summed E-state index contributed by atoms with van der Waals surface area (Å²) in [7, 11) is 1.68. The van der Waals surface area contributed by atoms with Gasteiger partial charge in [0.15, 0.2) is 0 Å².